The van der Waals surface area contributed by atoms with Gasteiger partial charge in [-0.25, -0.2) is 17.5 Å². The molecule has 1 fully saturated rings. The van der Waals surface area contributed by atoms with Crippen LogP contribution in [0.4, 0.5) is 10.1 Å². The molecule has 0 bridgehead atoms. The van der Waals surface area contributed by atoms with Gasteiger partial charge in [-0.3, -0.25) is 4.79 Å². The summed E-state index contributed by atoms with van der Waals surface area (Å²) in [6.07, 6.45) is 6.78. The van der Waals surface area contributed by atoms with Crippen LogP contribution in [0, 0.1) is 5.82 Å². The minimum atomic E-state index is -3.85. The van der Waals surface area contributed by atoms with Gasteiger partial charge in [0.1, 0.15) is 5.82 Å². The molecule has 190 valence electrons. The fourth-order valence-corrected chi connectivity index (χ4v) is 6.37. The van der Waals surface area contributed by atoms with Crippen LogP contribution < -0.4 is 15.8 Å². The maximum atomic E-state index is 15.0. The van der Waals surface area contributed by atoms with Crippen LogP contribution in [0.15, 0.2) is 46.1 Å². The number of hydrogen-bond donors (Lipinski definition) is 1. The Hall–Kier alpha value is -2.30. The molecule has 0 spiro atoms. The lowest BCUT2D eigenvalue weighted by Crippen LogP contribution is -2.43. The highest BCUT2D eigenvalue weighted by Gasteiger charge is 2.23. The molecule has 1 aromatic heterocycles. The molecule has 0 radical (unpaired) electrons. The average molecular weight is 521 g/mol. The van der Waals surface area contributed by atoms with Gasteiger partial charge in [0.25, 0.3) is 5.56 Å². The molecule has 2 heterocycles. The molecule has 0 unspecified atom stereocenters. The highest BCUT2D eigenvalue weighted by atomic mass is 32.2. The molecular formula is C25H33FN4O3S2. The van der Waals surface area contributed by atoms with Crippen molar-refractivity contribution in [3.63, 3.8) is 0 Å². The lowest BCUT2D eigenvalue weighted by Gasteiger charge is -2.29. The van der Waals surface area contributed by atoms with Crippen molar-refractivity contribution >= 4 is 38.4 Å². The van der Waals surface area contributed by atoms with Gasteiger partial charge in [-0.1, -0.05) is 32.6 Å². The van der Waals surface area contributed by atoms with Gasteiger partial charge in [0.2, 0.25) is 10.0 Å². The van der Waals surface area contributed by atoms with E-state index in [1.807, 2.05) is 6.07 Å². The van der Waals surface area contributed by atoms with Crippen molar-refractivity contribution in [2.24, 2.45) is 0 Å². The van der Waals surface area contributed by atoms with Gasteiger partial charge in [0.15, 0.2) is 0 Å². The van der Waals surface area contributed by atoms with Crippen LogP contribution >= 0.6 is 11.8 Å². The maximum absolute atomic E-state index is 15.0. The van der Waals surface area contributed by atoms with Crippen molar-refractivity contribution in [3.8, 4) is 5.69 Å². The van der Waals surface area contributed by atoms with E-state index >= 15 is 0 Å². The summed E-state index contributed by atoms with van der Waals surface area (Å²) in [6, 6.07) is 9.72. The van der Waals surface area contributed by atoms with Crippen molar-refractivity contribution in [2.45, 2.75) is 43.9 Å². The van der Waals surface area contributed by atoms with Crippen molar-refractivity contribution in [1.82, 2.24) is 14.1 Å². The molecule has 2 aromatic carbocycles. The Morgan fingerprint density at radius 3 is 2.40 bits per heavy atom. The molecular weight excluding hydrogens is 487 g/mol. The third kappa shape index (κ3) is 5.76. The second-order valence-electron chi connectivity index (χ2n) is 8.94. The number of halogens is 1. The van der Waals surface area contributed by atoms with Gasteiger partial charge in [0.05, 0.1) is 22.8 Å². The molecule has 7 nitrogen and oxygen atoms in total. The van der Waals surface area contributed by atoms with Crippen LogP contribution in [0.2, 0.25) is 0 Å². The number of anilines is 1. The molecule has 4 rings (SSSR count). The Balaban J connectivity index is 1.68. The number of thioether (sulfide) groups is 1. The normalized spacial score (nSPS) is 14.7. The maximum Gasteiger partial charge on any atom is 0.280 e. The number of unbranched alkanes of at least 4 members (excludes halogenated alkanes) is 4. The van der Waals surface area contributed by atoms with Crippen LogP contribution in [0.3, 0.4) is 0 Å². The van der Waals surface area contributed by atoms with Crippen LogP contribution in [-0.2, 0) is 10.0 Å². The largest absolute Gasteiger partial charge is 0.369 e. The van der Waals surface area contributed by atoms with Crippen molar-refractivity contribution in [3.05, 3.63) is 52.6 Å². The number of benzene rings is 2. The molecule has 3 aromatic rings. The molecule has 1 N–H and O–H groups in total. The summed E-state index contributed by atoms with van der Waals surface area (Å²) in [5, 5.41) is 3.58. The van der Waals surface area contributed by atoms with Crippen molar-refractivity contribution < 1.29 is 12.8 Å². The number of fused-ring (bicyclic) bond motifs is 1. The van der Waals surface area contributed by atoms with E-state index in [0.29, 0.717) is 4.90 Å². The minimum absolute atomic E-state index is 0.185. The van der Waals surface area contributed by atoms with Gasteiger partial charge in [0, 0.05) is 42.8 Å². The lowest BCUT2D eigenvalue weighted by molar-refractivity contribution is 0.575. The van der Waals surface area contributed by atoms with E-state index < -0.39 is 21.4 Å². The Kier molecular flexibility index (Phi) is 8.23. The van der Waals surface area contributed by atoms with Gasteiger partial charge >= 0.3 is 0 Å². The second-order valence-corrected chi connectivity index (χ2v) is 11.9. The molecule has 1 aliphatic heterocycles. The van der Waals surface area contributed by atoms with Crippen LogP contribution in [-0.4, -0.2) is 55.4 Å². The monoisotopic (exact) mass is 520 g/mol. The number of aromatic nitrogens is 2. The first-order valence-electron chi connectivity index (χ1n) is 12.2. The van der Waals surface area contributed by atoms with Crippen molar-refractivity contribution in [1.29, 1.82) is 0 Å². The summed E-state index contributed by atoms with van der Waals surface area (Å²) in [7, 11) is -3.85. The van der Waals surface area contributed by atoms with E-state index in [-0.39, 0.29) is 16.6 Å². The minimum Gasteiger partial charge on any atom is -0.369 e. The lowest BCUT2D eigenvalue weighted by atomic mass is 10.2. The summed E-state index contributed by atoms with van der Waals surface area (Å²) in [5.74, 6) is 0.359. The van der Waals surface area contributed by atoms with Crippen LogP contribution in [0.5, 0.6) is 0 Å². The number of piperazine rings is 1. The van der Waals surface area contributed by atoms with E-state index in [9.17, 15) is 17.6 Å². The van der Waals surface area contributed by atoms with Gasteiger partial charge in [-0.05, 0) is 42.5 Å². The Labute approximate surface area is 210 Å². The third-order valence-corrected chi connectivity index (χ3v) is 8.38. The van der Waals surface area contributed by atoms with Crippen LogP contribution in [0.25, 0.3) is 16.6 Å². The fourth-order valence-electron chi connectivity index (χ4n) is 4.46. The number of nitrogens with zero attached hydrogens (tertiary/aromatic N) is 3. The average Bonchev–Trinajstić information content (AvgIpc) is 3.15. The number of hydrogen-bond acceptors (Lipinski definition) is 6. The van der Waals surface area contributed by atoms with Crippen molar-refractivity contribution in [2.75, 3.05) is 43.1 Å². The SMILES string of the molecule is CCCCCCCSc1ccc(-n2c(=O)c3cc(N4CCNCC4)ccc3n2S(C)(=O)=O)cc1F. The standard InChI is InChI=1S/C25H33FN4O3S2/c1-3-4-5-6-7-16-34-24-11-9-20(18-22(24)26)29-25(31)21-17-19(28-14-12-27-13-15-28)8-10-23(21)30(29)35(2,32)33/h8-11,17-18,27H,3-7,12-16H2,1-2H3. The van der Waals surface area contributed by atoms with E-state index in [1.165, 1.54) is 37.1 Å². The zero-order chi connectivity index (χ0) is 25.0. The molecule has 35 heavy (non-hydrogen) atoms. The van der Waals surface area contributed by atoms with Crippen LogP contribution in [0.1, 0.15) is 39.0 Å². The quantitative estimate of drug-likeness (QED) is 0.319. The summed E-state index contributed by atoms with van der Waals surface area (Å²) in [4.78, 5) is 16.1. The fraction of sp³-hybridized carbons (Fsp3) is 0.480. The predicted molar refractivity (Wildman–Crippen MR) is 142 cm³/mol. The first-order chi connectivity index (χ1) is 16.8. The molecule has 0 atom stereocenters. The molecule has 1 aliphatic rings. The number of rotatable bonds is 10. The first-order valence-corrected chi connectivity index (χ1v) is 15.0. The number of nitrogens with one attached hydrogen (secondary N) is 1. The highest BCUT2D eigenvalue weighted by molar-refractivity contribution is 7.99. The summed E-state index contributed by atoms with van der Waals surface area (Å²) in [6.45, 7) is 5.46. The zero-order valence-electron chi connectivity index (χ0n) is 20.3. The molecule has 0 amide bonds. The smallest absolute Gasteiger partial charge is 0.280 e. The van der Waals surface area contributed by atoms with Gasteiger partial charge in [-0.2, -0.15) is 4.09 Å². The Bertz CT molecular complexity index is 1340. The summed E-state index contributed by atoms with van der Waals surface area (Å²) in [5.41, 5.74) is 0.844. The zero-order valence-corrected chi connectivity index (χ0v) is 21.9. The first kappa shape index (κ1) is 25.8. The predicted octanol–water partition coefficient (Wildman–Crippen LogP) is 4.21. The summed E-state index contributed by atoms with van der Waals surface area (Å²) < 4.78 is 42.5. The second kappa shape index (κ2) is 11.2. The van der Waals surface area contributed by atoms with E-state index in [2.05, 4.69) is 17.1 Å². The third-order valence-electron chi connectivity index (χ3n) is 6.25. The van der Waals surface area contributed by atoms with Gasteiger partial charge < -0.3 is 10.2 Å². The molecule has 0 aliphatic carbocycles. The molecule has 10 heteroatoms. The van der Waals surface area contributed by atoms with E-state index in [1.54, 1.807) is 24.3 Å². The van der Waals surface area contributed by atoms with E-state index in [0.717, 1.165) is 65.5 Å². The summed E-state index contributed by atoms with van der Waals surface area (Å²) >= 11 is 1.45. The van der Waals surface area contributed by atoms with Gasteiger partial charge in [-0.15, -0.1) is 11.8 Å². The topological polar surface area (TPSA) is 76.3 Å². The molecule has 1 saturated heterocycles. The molecule has 0 saturated carbocycles. The highest BCUT2D eigenvalue weighted by Crippen LogP contribution is 2.27. The Morgan fingerprint density at radius 2 is 1.71 bits per heavy atom. The van der Waals surface area contributed by atoms with E-state index in [4.69, 9.17) is 0 Å². The Morgan fingerprint density at radius 1 is 1.00 bits per heavy atom.